The van der Waals surface area contributed by atoms with Gasteiger partial charge in [-0.15, -0.1) is 11.3 Å². The van der Waals surface area contributed by atoms with Gasteiger partial charge in [-0.25, -0.2) is 0 Å². The monoisotopic (exact) mass is 277 g/mol. The number of aliphatic hydroxyl groups excluding tert-OH is 1. The van der Waals surface area contributed by atoms with Crippen molar-refractivity contribution in [2.75, 3.05) is 6.61 Å². The molecule has 2 N–H and O–H groups in total. The van der Waals surface area contributed by atoms with E-state index in [0.29, 0.717) is 17.8 Å². The fourth-order valence-electron chi connectivity index (χ4n) is 1.26. The second-order valence-corrected chi connectivity index (χ2v) is 4.42. The van der Waals surface area contributed by atoms with E-state index < -0.39 is 0 Å². The second kappa shape index (κ2) is 6.68. The van der Waals surface area contributed by atoms with Gasteiger partial charge in [0.2, 0.25) is 6.39 Å². The molecule has 98 valence electrons. The van der Waals surface area contributed by atoms with Gasteiger partial charge in [0, 0.05) is 11.8 Å². The average Bonchev–Trinajstić information content (AvgIpc) is 3.07. The first-order chi connectivity index (χ1) is 9.29. The summed E-state index contributed by atoms with van der Waals surface area (Å²) in [5.74, 6) is 5.89. The molecule has 0 fully saturated rings. The van der Waals surface area contributed by atoms with Crippen LogP contribution in [0.25, 0.3) is 0 Å². The zero-order valence-electron chi connectivity index (χ0n) is 9.92. The third-order valence-corrected chi connectivity index (χ3v) is 2.97. The number of hydrogen-bond acceptors (Lipinski definition) is 6. The van der Waals surface area contributed by atoms with Crippen LogP contribution >= 0.6 is 11.3 Å². The van der Waals surface area contributed by atoms with Crippen molar-refractivity contribution in [2.24, 2.45) is 0 Å². The van der Waals surface area contributed by atoms with Crippen LogP contribution in [0.4, 0.5) is 0 Å². The van der Waals surface area contributed by atoms with Gasteiger partial charge in [0.05, 0.1) is 23.6 Å². The lowest BCUT2D eigenvalue weighted by molar-refractivity contribution is 0.0950. The van der Waals surface area contributed by atoms with Crippen molar-refractivity contribution >= 4 is 17.2 Å². The Balaban J connectivity index is 1.91. The highest BCUT2D eigenvalue weighted by molar-refractivity contribution is 7.10. The average molecular weight is 277 g/mol. The number of aliphatic hydroxyl groups is 1. The topological polar surface area (TPSA) is 88.3 Å². The van der Waals surface area contributed by atoms with Crippen LogP contribution in [0, 0.1) is 11.8 Å². The Morgan fingerprint density at radius 1 is 1.58 bits per heavy atom. The first kappa shape index (κ1) is 13.3. The fraction of sp³-hybridized carbons (Fsp3) is 0.250. The number of hydrogen-bond donors (Lipinski definition) is 2. The highest BCUT2D eigenvalue weighted by atomic mass is 32.1. The molecule has 0 saturated heterocycles. The molecule has 0 atom stereocenters. The van der Waals surface area contributed by atoms with Gasteiger partial charge in [0.25, 0.3) is 5.91 Å². The van der Waals surface area contributed by atoms with Gasteiger partial charge in [-0.1, -0.05) is 17.0 Å². The lowest BCUT2D eigenvalue weighted by Gasteiger charge is -1.98. The summed E-state index contributed by atoms with van der Waals surface area (Å²) in [5.41, 5.74) is 0.543. The standard InChI is InChI=1S/C12H11N3O3S/c16-4-2-1-3-10-5-9(7-19-10)12(17)13-6-11-14-8-18-15-11/h5,7-8,16H,2,4,6H2,(H,13,17). The van der Waals surface area contributed by atoms with E-state index in [1.165, 1.54) is 17.7 Å². The van der Waals surface area contributed by atoms with E-state index in [2.05, 4.69) is 31.8 Å². The molecule has 0 spiro atoms. The molecule has 7 heteroatoms. The smallest absolute Gasteiger partial charge is 0.252 e. The first-order valence-corrected chi connectivity index (χ1v) is 6.39. The van der Waals surface area contributed by atoms with E-state index in [9.17, 15) is 4.79 Å². The summed E-state index contributed by atoms with van der Waals surface area (Å²) in [5, 5.41) is 16.6. The van der Waals surface area contributed by atoms with Crippen LogP contribution in [0.15, 0.2) is 22.4 Å². The summed E-state index contributed by atoms with van der Waals surface area (Å²) < 4.78 is 4.56. The van der Waals surface area contributed by atoms with Gasteiger partial charge in [-0.05, 0) is 6.07 Å². The largest absolute Gasteiger partial charge is 0.395 e. The molecule has 2 heterocycles. The van der Waals surface area contributed by atoms with Crippen molar-refractivity contribution in [1.29, 1.82) is 0 Å². The molecule has 0 bridgehead atoms. The Morgan fingerprint density at radius 2 is 2.47 bits per heavy atom. The van der Waals surface area contributed by atoms with Crippen LogP contribution in [-0.2, 0) is 6.54 Å². The number of carbonyl (C=O) groups is 1. The van der Waals surface area contributed by atoms with E-state index in [1.807, 2.05) is 0 Å². The Kier molecular flexibility index (Phi) is 4.66. The van der Waals surface area contributed by atoms with E-state index in [4.69, 9.17) is 5.11 Å². The lowest BCUT2D eigenvalue weighted by Crippen LogP contribution is -2.22. The molecule has 6 nitrogen and oxygen atoms in total. The number of nitrogens with zero attached hydrogens (tertiary/aromatic N) is 2. The maximum atomic E-state index is 11.8. The molecule has 2 rings (SSSR count). The number of rotatable bonds is 4. The quantitative estimate of drug-likeness (QED) is 0.807. The van der Waals surface area contributed by atoms with Gasteiger partial charge in [-0.3, -0.25) is 4.79 Å². The van der Waals surface area contributed by atoms with E-state index in [0.717, 1.165) is 4.88 Å². The second-order valence-electron chi connectivity index (χ2n) is 3.51. The predicted molar refractivity (Wildman–Crippen MR) is 68.4 cm³/mol. The Labute approximate surface area is 113 Å². The van der Waals surface area contributed by atoms with E-state index in [1.54, 1.807) is 11.4 Å². The SMILES string of the molecule is O=C(NCc1ncon1)c1csc(C#CCCO)c1. The number of aromatic nitrogens is 2. The first-order valence-electron chi connectivity index (χ1n) is 5.51. The van der Waals surface area contributed by atoms with Crippen molar-refractivity contribution in [2.45, 2.75) is 13.0 Å². The summed E-state index contributed by atoms with van der Waals surface area (Å²) in [6, 6.07) is 1.71. The van der Waals surface area contributed by atoms with Crippen LogP contribution in [0.1, 0.15) is 27.5 Å². The number of amides is 1. The minimum Gasteiger partial charge on any atom is -0.395 e. The van der Waals surface area contributed by atoms with Crippen molar-refractivity contribution in [3.05, 3.63) is 34.1 Å². The summed E-state index contributed by atoms with van der Waals surface area (Å²) in [6.07, 6.45) is 1.64. The minimum atomic E-state index is -0.212. The molecule has 0 saturated carbocycles. The van der Waals surface area contributed by atoms with Crippen LogP contribution in [0.2, 0.25) is 0 Å². The van der Waals surface area contributed by atoms with Crippen LogP contribution in [-0.4, -0.2) is 27.8 Å². The molecule has 0 aliphatic carbocycles. The van der Waals surface area contributed by atoms with Gasteiger partial charge in [-0.2, -0.15) is 4.98 Å². The minimum absolute atomic E-state index is 0.0381. The number of nitrogens with one attached hydrogen (secondary N) is 1. The summed E-state index contributed by atoms with van der Waals surface area (Å²) >= 11 is 1.39. The van der Waals surface area contributed by atoms with Crippen LogP contribution < -0.4 is 5.32 Å². The third-order valence-electron chi connectivity index (χ3n) is 2.12. The Morgan fingerprint density at radius 3 is 3.21 bits per heavy atom. The normalized spacial score (nSPS) is 9.74. The Hall–Kier alpha value is -2.17. The lowest BCUT2D eigenvalue weighted by atomic mass is 10.3. The highest BCUT2D eigenvalue weighted by Crippen LogP contribution is 2.13. The molecule has 0 unspecified atom stereocenters. The molecule has 0 radical (unpaired) electrons. The van der Waals surface area contributed by atoms with Gasteiger partial charge < -0.3 is 14.9 Å². The van der Waals surface area contributed by atoms with Gasteiger partial charge in [0.15, 0.2) is 5.82 Å². The molecule has 2 aromatic heterocycles. The predicted octanol–water partition coefficient (Wildman–Crippen LogP) is 0.795. The maximum Gasteiger partial charge on any atom is 0.252 e. The molecule has 0 aliphatic heterocycles. The van der Waals surface area contributed by atoms with Crippen molar-refractivity contribution < 1.29 is 14.4 Å². The summed E-state index contributed by atoms with van der Waals surface area (Å²) in [4.78, 5) is 16.4. The molecule has 0 aromatic carbocycles. The molecule has 1 amide bonds. The van der Waals surface area contributed by atoms with Gasteiger partial charge >= 0.3 is 0 Å². The zero-order valence-corrected chi connectivity index (χ0v) is 10.7. The number of carbonyl (C=O) groups excluding carboxylic acids is 1. The third kappa shape index (κ3) is 3.91. The maximum absolute atomic E-state index is 11.8. The molecule has 19 heavy (non-hydrogen) atoms. The highest BCUT2D eigenvalue weighted by Gasteiger charge is 2.08. The molecule has 2 aromatic rings. The number of thiophene rings is 1. The molecule has 0 aliphatic rings. The van der Waals surface area contributed by atoms with Crippen molar-refractivity contribution in [1.82, 2.24) is 15.5 Å². The van der Waals surface area contributed by atoms with Crippen molar-refractivity contribution in [3.8, 4) is 11.8 Å². The molecular formula is C12H11N3O3S. The Bertz CT molecular complexity index is 595. The summed E-state index contributed by atoms with van der Waals surface area (Å²) in [7, 11) is 0. The van der Waals surface area contributed by atoms with E-state index in [-0.39, 0.29) is 19.1 Å². The van der Waals surface area contributed by atoms with Gasteiger partial charge in [0.1, 0.15) is 0 Å². The molecular weight excluding hydrogens is 266 g/mol. The fourth-order valence-corrected chi connectivity index (χ4v) is 2.01. The van der Waals surface area contributed by atoms with Crippen molar-refractivity contribution in [3.63, 3.8) is 0 Å². The van der Waals surface area contributed by atoms with Crippen LogP contribution in [0.5, 0.6) is 0 Å². The van der Waals surface area contributed by atoms with Crippen LogP contribution in [0.3, 0.4) is 0 Å². The van der Waals surface area contributed by atoms with E-state index >= 15 is 0 Å². The zero-order chi connectivity index (χ0) is 13.5. The summed E-state index contributed by atoms with van der Waals surface area (Å²) in [6.45, 7) is 0.257.